The number of nitrogens with two attached hydrogens (primary N) is 1. The summed E-state index contributed by atoms with van der Waals surface area (Å²) in [5.74, 6) is 0.221. The van der Waals surface area contributed by atoms with Crippen LogP contribution in [0, 0.1) is 11.3 Å². The molecule has 106 valence electrons. The van der Waals surface area contributed by atoms with Crippen LogP contribution in [0.2, 0.25) is 5.02 Å². The zero-order chi connectivity index (χ0) is 15.5. The summed E-state index contributed by atoms with van der Waals surface area (Å²) in [7, 11) is 0. The average molecular weight is 306 g/mol. The molecule has 2 aromatic carbocycles. The van der Waals surface area contributed by atoms with E-state index in [-0.39, 0.29) is 5.82 Å². The number of nitrogen functional groups attached to an aromatic ring is 1. The van der Waals surface area contributed by atoms with Gasteiger partial charge in [-0.05, 0) is 23.8 Å². The summed E-state index contributed by atoms with van der Waals surface area (Å²) in [4.78, 5) is 4.34. The minimum Gasteiger partial charge on any atom is -0.383 e. The monoisotopic (exact) mass is 305 g/mol. The Morgan fingerprint density at radius 1 is 0.955 bits per heavy atom. The molecule has 0 spiro atoms. The van der Waals surface area contributed by atoms with Gasteiger partial charge < -0.3 is 5.73 Å². The van der Waals surface area contributed by atoms with Crippen LogP contribution in [0.1, 0.15) is 5.56 Å². The number of pyridine rings is 1. The van der Waals surface area contributed by atoms with Crippen molar-refractivity contribution in [1.29, 1.82) is 5.26 Å². The molecule has 2 N–H and O–H groups in total. The lowest BCUT2D eigenvalue weighted by atomic mass is 9.98. The highest BCUT2D eigenvalue weighted by molar-refractivity contribution is 6.30. The Labute approximate surface area is 133 Å². The number of hydrogen-bond donors (Lipinski definition) is 1. The fraction of sp³-hybridized carbons (Fsp3) is 0. The molecule has 0 bridgehead atoms. The van der Waals surface area contributed by atoms with Gasteiger partial charge >= 0.3 is 0 Å². The summed E-state index contributed by atoms with van der Waals surface area (Å²) >= 11 is 6.04. The molecule has 1 aromatic heterocycles. The van der Waals surface area contributed by atoms with Crippen LogP contribution < -0.4 is 5.73 Å². The van der Waals surface area contributed by atoms with Crippen molar-refractivity contribution in [2.24, 2.45) is 0 Å². The molecule has 1 heterocycles. The Balaban J connectivity index is 2.24. The van der Waals surface area contributed by atoms with E-state index in [1.165, 1.54) is 0 Å². The largest absolute Gasteiger partial charge is 0.383 e. The number of hydrogen-bond acceptors (Lipinski definition) is 3. The second-order valence-corrected chi connectivity index (χ2v) is 5.24. The van der Waals surface area contributed by atoms with Crippen molar-refractivity contribution in [2.45, 2.75) is 0 Å². The molecule has 0 unspecified atom stereocenters. The third kappa shape index (κ3) is 2.65. The van der Waals surface area contributed by atoms with Gasteiger partial charge in [0.25, 0.3) is 0 Å². The standard InChI is InChI=1S/C18H12ClN3/c19-14-8-4-7-13(9-14)17-10-15(12-5-2-1-3-6-12)16(11-20)18(21)22-17/h1-10H,(H2,21,22). The smallest absolute Gasteiger partial charge is 0.142 e. The third-order valence-electron chi connectivity index (χ3n) is 3.36. The summed E-state index contributed by atoms with van der Waals surface area (Å²) < 4.78 is 0. The second-order valence-electron chi connectivity index (χ2n) is 4.80. The molecule has 0 aliphatic heterocycles. The van der Waals surface area contributed by atoms with Gasteiger partial charge in [0, 0.05) is 16.1 Å². The summed E-state index contributed by atoms with van der Waals surface area (Å²) in [6, 6.07) is 21.1. The number of aromatic nitrogens is 1. The highest BCUT2D eigenvalue weighted by Gasteiger charge is 2.13. The van der Waals surface area contributed by atoms with Crippen LogP contribution in [0.25, 0.3) is 22.4 Å². The van der Waals surface area contributed by atoms with Crippen LogP contribution in [-0.2, 0) is 0 Å². The molecular weight excluding hydrogens is 294 g/mol. The number of nitrogens with zero attached hydrogens (tertiary/aromatic N) is 2. The van der Waals surface area contributed by atoms with Crippen molar-refractivity contribution in [3.63, 3.8) is 0 Å². The molecule has 0 aliphatic rings. The van der Waals surface area contributed by atoms with Gasteiger partial charge in [-0.1, -0.05) is 54.1 Å². The van der Waals surface area contributed by atoms with Crippen molar-refractivity contribution in [3.8, 4) is 28.5 Å². The van der Waals surface area contributed by atoms with Gasteiger partial charge in [0.05, 0.1) is 5.69 Å². The van der Waals surface area contributed by atoms with Gasteiger partial charge in [-0.25, -0.2) is 4.98 Å². The molecule has 0 aliphatic carbocycles. The van der Waals surface area contributed by atoms with E-state index < -0.39 is 0 Å². The maximum Gasteiger partial charge on any atom is 0.142 e. The van der Waals surface area contributed by atoms with Gasteiger partial charge in [0.2, 0.25) is 0 Å². The molecule has 0 saturated heterocycles. The van der Waals surface area contributed by atoms with Gasteiger partial charge in [-0.15, -0.1) is 0 Å². The zero-order valence-corrected chi connectivity index (χ0v) is 12.4. The van der Waals surface area contributed by atoms with E-state index in [0.717, 1.165) is 16.7 Å². The highest BCUT2D eigenvalue weighted by Crippen LogP contribution is 2.31. The quantitative estimate of drug-likeness (QED) is 0.757. The second kappa shape index (κ2) is 5.88. The molecule has 3 nitrogen and oxygen atoms in total. The predicted molar refractivity (Wildman–Crippen MR) is 89.2 cm³/mol. The first-order chi connectivity index (χ1) is 10.7. The molecule has 0 fully saturated rings. The zero-order valence-electron chi connectivity index (χ0n) is 11.6. The lowest BCUT2D eigenvalue weighted by Crippen LogP contribution is -1.99. The molecule has 3 rings (SSSR count). The Morgan fingerprint density at radius 2 is 1.68 bits per heavy atom. The number of benzene rings is 2. The fourth-order valence-electron chi connectivity index (χ4n) is 2.32. The normalized spacial score (nSPS) is 10.2. The van der Waals surface area contributed by atoms with Crippen LogP contribution in [0.4, 0.5) is 5.82 Å². The van der Waals surface area contributed by atoms with Gasteiger partial charge in [0.1, 0.15) is 17.5 Å². The summed E-state index contributed by atoms with van der Waals surface area (Å²) in [6.45, 7) is 0. The summed E-state index contributed by atoms with van der Waals surface area (Å²) in [5.41, 5.74) is 9.62. The van der Waals surface area contributed by atoms with E-state index in [4.69, 9.17) is 17.3 Å². The SMILES string of the molecule is N#Cc1c(-c2ccccc2)cc(-c2cccc(Cl)c2)nc1N. The molecular formula is C18H12ClN3. The van der Waals surface area contributed by atoms with Crippen molar-refractivity contribution in [3.05, 3.63) is 71.2 Å². The lowest BCUT2D eigenvalue weighted by Gasteiger charge is -2.10. The van der Waals surface area contributed by atoms with Gasteiger partial charge in [-0.2, -0.15) is 5.26 Å². The number of halogens is 1. The average Bonchev–Trinajstić information content (AvgIpc) is 2.55. The summed E-state index contributed by atoms with van der Waals surface area (Å²) in [6.07, 6.45) is 0. The molecule has 22 heavy (non-hydrogen) atoms. The molecule has 3 aromatic rings. The number of nitriles is 1. The van der Waals surface area contributed by atoms with Gasteiger partial charge in [0.15, 0.2) is 0 Å². The van der Waals surface area contributed by atoms with Crippen LogP contribution in [0.5, 0.6) is 0 Å². The first-order valence-electron chi connectivity index (χ1n) is 6.71. The van der Waals surface area contributed by atoms with Gasteiger partial charge in [-0.3, -0.25) is 0 Å². The van der Waals surface area contributed by atoms with Crippen LogP contribution in [0.3, 0.4) is 0 Å². The maximum atomic E-state index is 9.38. The maximum absolute atomic E-state index is 9.38. The van der Waals surface area contributed by atoms with Crippen molar-refractivity contribution in [2.75, 3.05) is 5.73 Å². The molecule has 0 amide bonds. The van der Waals surface area contributed by atoms with Crippen molar-refractivity contribution < 1.29 is 0 Å². The molecule has 4 heteroatoms. The van der Waals surface area contributed by atoms with Crippen LogP contribution in [0.15, 0.2) is 60.7 Å². The van der Waals surface area contributed by atoms with Crippen molar-refractivity contribution >= 4 is 17.4 Å². The lowest BCUT2D eigenvalue weighted by molar-refractivity contribution is 1.31. The molecule has 0 radical (unpaired) electrons. The topological polar surface area (TPSA) is 62.7 Å². The Bertz CT molecular complexity index is 867. The minimum absolute atomic E-state index is 0.221. The third-order valence-corrected chi connectivity index (χ3v) is 3.60. The van der Waals surface area contributed by atoms with E-state index in [2.05, 4.69) is 11.1 Å². The molecule has 0 saturated carbocycles. The number of anilines is 1. The predicted octanol–water partition coefficient (Wildman–Crippen LogP) is 4.52. The van der Waals surface area contributed by atoms with E-state index in [1.807, 2.05) is 54.6 Å². The molecule has 0 atom stereocenters. The highest BCUT2D eigenvalue weighted by atomic mass is 35.5. The van der Waals surface area contributed by atoms with E-state index in [0.29, 0.717) is 16.3 Å². The summed E-state index contributed by atoms with van der Waals surface area (Å²) in [5, 5.41) is 10.0. The first kappa shape index (κ1) is 14.1. The van der Waals surface area contributed by atoms with Crippen molar-refractivity contribution in [1.82, 2.24) is 4.98 Å². The fourth-order valence-corrected chi connectivity index (χ4v) is 2.51. The van der Waals surface area contributed by atoms with Crippen LogP contribution >= 0.6 is 11.6 Å². The van der Waals surface area contributed by atoms with E-state index >= 15 is 0 Å². The Kier molecular flexibility index (Phi) is 3.78. The van der Waals surface area contributed by atoms with Crippen LogP contribution in [-0.4, -0.2) is 4.98 Å². The minimum atomic E-state index is 0.221. The van der Waals surface area contributed by atoms with E-state index in [9.17, 15) is 5.26 Å². The van der Waals surface area contributed by atoms with E-state index in [1.54, 1.807) is 6.07 Å². The Morgan fingerprint density at radius 3 is 2.36 bits per heavy atom. The first-order valence-corrected chi connectivity index (χ1v) is 7.09. The Hall–Kier alpha value is -2.83. The number of rotatable bonds is 2.